The van der Waals surface area contributed by atoms with E-state index < -0.39 is 20.8 Å². The molecule has 0 aliphatic heterocycles. The Bertz CT molecular complexity index is 1050. The second-order valence-corrected chi connectivity index (χ2v) is 6.41. The summed E-state index contributed by atoms with van der Waals surface area (Å²) in [5.74, 6) is 0. The Morgan fingerprint density at radius 3 is 0.923 bits per heavy atom. The van der Waals surface area contributed by atoms with Crippen LogP contribution in [0.4, 0.5) is 0 Å². The van der Waals surface area contributed by atoms with Crippen molar-refractivity contribution in [1.82, 2.24) is 9.97 Å². The standard InChI is InChI=1S/2C7H6N2.Co.2H2O4S.10H2O/c2*1-2-4-7-6(3-1)8-5-9-7;;2*1-5(2,3)4;;;;;;;;;;/h2*1-5H,(H,8,9);;2*(H2,1,2,3,4);10*1H2/q;;+2;;;;;;;;;;;;/p+4. The second-order valence-electron chi connectivity index (χ2n) is 4.77. The molecular weight excluding hydrogens is 635 g/mol. The zero-order valence-electron chi connectivity index (χ0n) is 19.7. The van der Waals surface area contributed by atoms with Crippen molar-refractivity contribution in [3.63, 3.8) is 0 Å². The van der Waals surface area contributed by atoms with Crippen molar-refractivity contribution in [2.45, 2.75) is 0 Å². The largest absolute Gasteiger partial charge is 2.00 e. The van der Waals surface area contributed by atoms with Crippen molar-refractivity contribution in [3.05, 3.63) is 61.2 Å². The fourth-order valence-corrected chi connectivity index (χ4v) is 1.85. The first-order chi connectivity index (χ1) is 12.9. The van der Waals surface area contributed by atoms with Crippen molar-refractivity contribution in [2.75, 3.05) is 0 Å². The molecule has 0 saturated heterocycles. The van der Waals surface area contributed by atoms with Crippen molar-refractivity contribution in [3.8, 4) is 0 Å². The molecule has 0 aliphatic rings. The monoisotopic (exact) mass is 675 g/mol. The number of hydrogen-bond acceptors (Lipinski definition) is 8. The van der Waals surface area contributed by atoms with Crippen LogP contribution in [0.15, 0.2) is 61.2 Å². The van der Waals surface area contributed by atoms with E-state index in [1.807, 2.05) is 61.2 Å². The third-order valence-electron chi connectivity index (χ3n) is 2.76. The van der Waals surface area contributed by atoms with Gasteiger partial charge in [-0.25, -0.2) is 19.9 Å². The Morgan fingerprint density at radius 2 is 0.718 bits per heavy atom. The van der Waals surface area contributed by atoms with E-state index in [1.54, 1.807) is 0 Å². The van der Waals surface area contributed by atoms with Gasteiger partial charge in [0.05, 0.1) is 0 Å². The third kappa shape index (κ3) is 39.9. The van der Waals surface area contributed by atoms with Gasteiger partial charge in [-0.1, -0.05) is 24.3 Å². The number of benzene rings is 2. The number of para-hydroxylation sites is 4. The molecule has 0 spiro atoms. The maximum absolute atomic E-state index is 8.52. The quantitative estimate of drug-likeness (QED) is 0.102. The number of nitrogens with one attached hydrogen (secondary N) is 4. The van der Waals surface area contributed by atoms with E-state index in [1.165, 1.54) is 0 Å². The summed E-state index contributed by atoms with van der Waals surface area (Å²) in [5, 5.41) is 0. The number of H-pyrrole nitrogens is 4. The van der Waals surface area contributed by atoms with Crippen LogP contribution in [0.3, 0.4) is 0 Å². The van der Waals surface area contributed by atoms with Gasteiger partial charge in [0.2, 0.25) is 12.7 Å². The normalized spacial score (nSPS) is 7.69. The Morgan fingerprint density at radius 1 is 0.513 bits per heavy atom. The van der Waals surface area contributed by atoms with E-state index in [0.717, 1.165) is 22.1 Å². The van der Waals surface area contributed by atoms with Crippen LogP contribution in [0.1, 0.15) is 0 Å². The number of imidazole rings is 2. The molecule has 0 bridgehead atoms. The van der Waals surface area contributed by atoms with Gasteiger partial charge in [-0.05, 0) is 24.3 Å². The van der Waals surface area contributed by atoms with E-state index in [4.69, 9.17) is 35.0 Å². The Balaban J connectivity index is -0.0000000281. The molecule has 1 radical (unpaired) electrons. The van der Waals surface area contributed by atoms with Gasteiger partial charge in [0.25, 0.3) is 0 Å². The zero-order valence-corrected chi connectivity index (χ0v) is 22.3. The van der Waals surface area contributed by atoms with Crippen molar-refractivity contribution >= 4 is 42.9 Å². The van der Waals surface area contributed by atoms with Crippen LogP contribution in [0, 0.1) is 0 Å². The van der Waals surface area contributed by atoms with Gasteiger partial charge in [0, 0.05) is 20.8 Å². The summed E-state index contributed by atoms with van der Waals surface area (Å²) in [4.78, 5) is 12.3. The molecule has 239 valence electrons. The first-order valence-corrected chi connectivity index (χ1v) is 9.81. The molecule has 2 heterocycles. The van der Waals surface area contributed by atoms with Gasteiger partial charge in [0.15, 0.2) is 22.1 Å². The molecule has 0 fully saturated rings. The Labute approximate surface area is 230 Å². The van der Waals surface area contributed by atoms with Crippen LogP contribution >= 0.6 is 0 Å². The van der Waals surface area contributed by atoms with Gasteiger partial charge in [-0.2, -0.15) is 0 Å². The Hall–Kier alpha value is -2.77. The average Bonchev–Trinajstić information content (AvgIpc) is 3.21. The van der Waals surface area contributed by atoms with Gasteiger partial charge < -0.3 is 73.0 Å². The fraction of sp³-hybridized carbons (Fsp3) is 0. The molecule has 30 N–H and O–H groups in total. The first-order valence-electron chi connectivity index (χ1n) is 7.14. The SMILES string of the molecule is O.O.O.O.O=S(=O)([O-])[O-].O=S(=O)([O-])[O-].[Co+2].[OH3+].[OH3+].[OH3+].[OH3+].[OH3+].[OH3+].c1ccc2[nH+]c[nH]c2c1.c1ccc2[nH+]c[nH]c2c1. The molecule has 0 aliphatic carbocycles. The maximum Gasteiger partial charge on any atom is 2.00 e. The number of aromatic amines is 4. The van der Waals surface area contributed by atoms with E-state index in [9.17, 15) is 0 Å². The summed E-state index contributed by atoms with van der Waals surface area (Å²) in [6, 6.07) is 16.2. The minimum absolute atomic E-state index is 0. The van der Waals surface area contributed by atoms with Crippen LogP contribution in [-0.4, -0.2) is 66.9 Å². The molecule has 2 aromatic carbocycles. The maximum atomic E-state index is 8.52. The molecule has 2 aromatic heterocycles. The van der Waals surface area contributed by atoms with E-state index in [0.29, 0.717) is 0 Å². The molecule has 4 aromatic rings. The molecule has 39 heavy (non-hydrogen) atoms. The molecule has 25 heteroatoms. The second kappa shape index (κ2) is 33.3. The van der Waals surface area contributed by atoms with Gasteiger partial charge in [-0.15, -0.1) is 0 Å². The molecule has 0 unspecified atom stereocenters. The summed E-state index contributed by atoms with van der Waals surface area (Å²) < 4.78 is 68.2. The fourth-order valence-electron chi connectivity index (χ4n) is 1.85. The Kier molecular flexibility index (Phi) is 60.2. The average molecular weight is 676 g/mol. The van der Waals surface area contributed by atoms with Crippen LogP contribution in [0.5, 0.6) is 0 Å². The van der Waals surface area contributed by atoms with Crippen molar-refractivity contribution in [1.29, 1.82) is 0 Å². The minimum Gasteiger partial charge on any atom is -0.759 e. The van der Waals surface area contributed by atoms with Crippen LogP contribution in [-0.2, 0) is 70.4 Å². The summed E-state index contributed by atoms with van der Waals surface area (Å²) >= 11 is 0. The van der Waals surface area contributed by atoms with Gasteiger partial charge in [0.1, 0.15) is 0 Å². The number of hydrogen-bond donors (Lipinski definition) is 2. The van der Waals surface area contributed by atoms with Gasteiger partial charge in [-0.3, -0.25) is 16.8 Å². The summed E-state index contributed by atoms with van der Waals surface area (Å²) in [5.41, 5.74) is 4.60. The van der Waals surface area contributed by atoms with Crippen molar-refractivity contribution in [2.24, 2.45) is 0 Å². The topological polar surface area (TPSA) is 544 Å². The summed E-state index contributed by atoms with van der Waals surface area (Å²) in [6.45, 7) is 0. The van der Waals surface area contributed by atoms with E-state index in [-0.39, 0.29) is 71.5 Å². The summed E-state index contributed by atoms with van der Waals surface area (Å²) in [6.07, 6.45) is 3.65. The molecule has 4 rings (SSSR count). The van der Waals surface area contributed by atoms with Crippen LogP contribution in [0.2, 0.25) is 0 Å². The molecule has 22 nitrogen and oxygen atoms in total. The van der Waals surface area contributed by atoms with E-state index >= 15 is 0 Å². The smallest absolute Gasteiger partial charge is 0.759 e. The molecule has 0 atom stereocenters. The number of rotatable bonds is 0. The zero-order chi connectivity index (χ0) is 21.2. The van der Waals surface area contributed by atoms with Gasteiger partial charge >= 0.3 is 16.8 Å². The number of aromatic nitrogens is 4. The predicted octanol–water partition coefficient (Wildman–Crippen LogP) is -9.54. The molecule has 0 amide bonds. The predicted molar refractivity (Wildman–Crippen MR) is 134 cm³/mol. The summed E-state index contributed by atoms with van der Waals surface area (Å²) in [7, 11) is -10.3. The van der Waals surface area contributed by atoms with Crippen LogP contribution in [0.25, 0.3) is 22.1 Å². The van der Waals surface area contributed by atoms with E-state index in [2.05, 4.69) is 19.9 Å². The molecular formula is C14H40CoN4O18S2+6. The minimum atomic E-state index is -5.17. The molecule has 0 saturated carbocycles. The third-order valence-corrected chi connectivity index (χ3v) is 2.76. The van der Waals surface area contributed by atoms with Crippen LogP contribution < -0.4 is 9.97 Å². The number of fused-ring (bicyclic) bond motifs is 2. The first kappa shape index (κ1) is 70.6. The van der Waals surface area contributed by atoms with Crippen molar-refractivity contribution < 1.29 is 117 Å².